The Morgan fingerprint density at radius 2 is 1.84 bits per heavy atom. The molecule has 2 aromatic rings. The van der Waals surface area contributed by atoms with Crippen molar-refractivity contribution >= 4 is 17.6 Å². The molecule has 1 aliphatic carbocycles. The third-order valence-corrected chi connectivity index (χ3v) is 4.40. The van der Waals surface area contributed by atoms with E-state index in [2.05, 4.69) is 10.3 Å². The Morgan fingerprint density at radius 3 is 2.44 bits per heavy atom. The molecule has 3 rings (SSSR count). The van der Waals surface area contributed by atoms with Crippen LogP contribution in [-0.2, 0) is 9.59 Å². The van der Waals surface area contributed by atoms with E-state index < -0.39 is 11.9 Å². The maximum absolute atomic E-state index is 12.2. The summed E-state index contributed by atoms with van der Waals surface area (Å²) >= 11 is 0. The number of nitrogens with one attached hydrogen (secondary N) is 1. The number of carboxylic acids is 1. The molecular formula is C19H20N2O4. The summed E-state index contributed by atoms with van der Waals surface area (Å²) in [6.45, 7) is 2.00. The van der Waals surface area contributed by atoms with Crippen LogP contribution in [-0.4, -0.2) is 22.0 Å². The third kappa shape index (κ3) is 4.35. The van der Waals surface area contributed by atoms with Crippen LogP contribution in [0.4, 0.5) is 5.69 Å². The van der Waals surface area contributed by atoms with Gasteiger partial charge in [0, 0.05) is 12.0 Å². The summed E-state index contributed by atoms with van der Waals surface area (Å²) in [5.41, 5.74) is 1.72. The Morgan fingerprint density at radius 1 is 1.12 bits per heavy atom. The number of carbonyl (C=O) groups is 2. The number of benzene rings is 1. The molecule has 1 fully saturated rings. The number of anilines is 1. The number of nitrogens with zero attached hydrogens (tertiary/aromatic N) is 1. The van der Waals surface area contributed by atoms with Gasteiger partial charge in [0.05, 0.1) is 17.8 Å². The Labute approximate surface area is 145 Å². The van der Waals surface area contributed by atoms with Crippen LogP contribution in [0.1, 0.15) is 24.8 Å². The van der Waals surface area contributed by atoms with Gasteiger partial charge in [-0.2, -0.15) is 0 Å². The zero-order valence-electron chi connectivity index (χ0n) is 13.9. The summed E-state index contributed by atoms with van der Waals surface area (Å²) in [6.07, 6.45) is 3.08. The van der Waals surface area contributed by atoms with E-state index in [0.717, 1.165) is 5.56 Å². The molecule has 6 nitrogen and oxygen atoms in total. The van der Waals surface area contributed by atoms with Crippen LogP contribution in [0.5, 0.6) is 11.6 Å². The first-order valence-corrected chi connectivity index (χ1v) is 8.25. The van der Waals surface area contributed by atoms with E-state index in [1.54, 1.807) is 12.1 Å². The van der Waals surface area contributed by atoms with Gasteiger partial charge in [-0.05, 0) is 44.4 Å². The second-order valence-electron chi connectivity index (χ2n) is 6.33. The molecule has 1 saturated carbocycles. The highest BCUT2D eigenvalue weighted by atomic mass is 16.5. The molecule has 1 aromatic carbocycles. The van der Waals surface area contributed by atoms with E-state index >= 15 is 0 Å². The van der Waals surface area contributed by atoms with Crippen LogP contribution >= 0.6 is 0 Å². The van der Waals surface area contributed by atoms with Gasteiger partial charge in [-0.3, -0.25) is 9.59 Å². The van der Waals surface area contributed by atoms with Crippen molar-refractivity contribution in [3.8, 4) is 11.6 Å². The molecule has 1 aliphatic rings. The lowest BCUT2D eigenvalue weighted by molar-refractivity contribution is -0.141. The van der Waals surface area contributed by atoms with Crippen molar-refractivity contribution in [3.05, 3.63) is 48.2 Å². The van der Waals surface area contributed by atoms with Crippen LogP contribution in [0.2, 0.25) is 0 Å². The number of ether oxygens (including phenoxy) is 1. The van der Waals surface area contributed by atoms with Crippen LogP contribution in [0, 0.1) is 18.8 Å². The molecule has 1 heterocycles. The van der Waals surface area contributed by atoms with Gasteiger partial charge in [0.2, 0.25) is 11.8 Å². The molecule has 130 valence electrons. The Balaban J connectivity index is 1.56. The summed E-state index contributed by atoms with van der Waals surface area (Å²) < 4.78 is 5.64. The maximum atomic E-state index is 12.2. The van der Waals surface area contributed by atoms with Crippen molar-refractivity contribution in [1.82, 2.24) is 4.98 Å². The number of aliphatic carboxylic acids is 1. The van der Waals surface area contributed by atoms with E-state index in [1.165, 1.54) is 6.20 Å². The quantitative estimate of drug-likeness (QED) is 0.868. The average Bonchev–Trinajstić information content (AvgIpc) is 3.09. The molecule has 0 spiro atoms. The van der Waals surface area contributed by atoms with Gasteiger partial charge >= 0.3 is 5.97 Å². The lowest BCUT2D eigenvalue weighted by atomic mass is 10.0. The zero-order chi connectivity index (χ0) is 17.8. The first-order valence-electron chi connectivity index (χ1n) is 8.25. The van der Waals surface area contributed by atoms with E-state index in [-0.39, 0.29) is 11.8 Å². The third-order valence-electron chi connectivity index (χ3n) is 4.40. The van der Waals surface area contributed by atoms with Crippen LogP contribution < -0.4 is 10.1 Å². The molecule has 25 heavy (non-hydrogen) atoms. The summed E-state index contributed by atoms with van der Waals surface area (Å²) in [4.78, 5) is 27.4. The highest BCUT2D eigenvalue weighted by Crippen LogP contribution is 2.32. The molecule has 0 bridgehead atoms. The molecular weight excluding hydrogens is 320 g/mol. The highest BCUT2D eigenvalue weighted by molar-refractivity contribution is 5.93. The number of rotatable bonds is 5. The van der Waals surface area contributed by atoms with Crippen molar-refractivity contribution in [2.45, 2.75) is 26.2 Å². The minimum atomic E-state index is -0.824. The van der Waals surface area contributed by atoms with Crippen LogP contribution in [0.15, 0.2) is 42.6 Å². The molecule has 0 aliphatic heterocycles. The largest absolute Gasteiger partial charge is 0.481 e. The second-order valence-corrected chi connectivity index (χ2v) is 6.33. The monoisotopic (exact) mass is 340 g/mol. The van der Waals surface area contributed by atoms with Crippen LogP contribution in [0.25, 0.3) is 0 Å². The van der Waals surface area contributed by atoms with Crippen LogP contribution in [0.3, 0.4) is 0 Å². The summed E-state index contributed by atoms with van der Waals surface area (Å²) in [6, 6.07) is 11.0. The average molecular weight is 340 g/mol. The first-order chi connectivity index (χ1) is 12.0. The zero-order valence-corrected chi connectivity index (χ0v) is 13.9. The number of carboxylic acid groups (broad SMARTS) is 1. The fourth-order valence-electron chi connectivity index (χ4n) is 2.93. The second kappa shape index (κ2) is 7.34. The van der Waals surface area contributed by atoms with Crippen molar-refractivity contribution in [3.63, 3.8) is 0 Å². The van der Waals surface area contributed by atoms with Crippen molar-refractivity contribution in [1.29, 1.82) is 0 Å². The van der Waals surface area contributed by atoms with Gasteiger partial charge in [0.15, 0.2) is 0 Å². The fourth-order valence-corrected chi connectivity index (χ4v) is 2.93. The molecule has 0 saturated heterocycles. The SMILES string of the molecule is Cc1ccc(Oc2ccc(NC(=O)[C@@H]3CC[C@H](C(=O)O)C3)cn2)cc1. The number of amides is 1. The molecule has 0 unspecified atom stereocenters. The number of hydrogen-bond donors (Lipinski definition) is 2. The van der Waals surface area contributed by atoms with Gasteiger partial charge in [-0.25, -0.2) is 4.98 Å². The van der Waals surface area contributed by atoms with E-state index in [0.29, 0.717) is 36.6 Å². The minimum Gasteiger partial charge on any atom is -0.481 e. The normalized spacial score (nSPS) is 19.4. The van der Waals surface area contributed by atoms with Gasteiger partial charge in [0.25, 0.3) is 0 Å². The van der Waals surface area contributed by atoms with Crippen molar-refractivity contribution in [2.75, 3.05) is 5.32 Å². The minimum absolute atomic E-state index is 0.155. The topological polar surface area (TPSA) is 88.5 Å². The van der Waals surface area contributed by atoms with Crippen molar-refractivity contribution < 1.29 is 19.4 Å². The highest BCUT2D eigenvalue weighted by Gasteiger charge is 2.33. The Bertz CT molecular complexity index is 756. The number of carbonyl (C=O) groups excluding carboxylic acids is 1. The maximum Gasteiger partial charge on any atom is 0.306 e. The predicted molar refractivity (Wildman–Crippen MR) is 92.6 cm³/mol. The molecule has 0 radical (unpaired) electrons. The standard InChI is InChI=1S/C19H20N2O4/c1-12-2-7-16(8-3-12)25-17-9-6-15(11-20-17)21-18(22)13-4-5-14(10-13)19(23)24/h2-3,6-9,11,13-14H,4-5,10H2,1H3,(H,21,22)(H,23,24)/t13-,14+/m1/s1. The number of aryl methyl sites for hydroxylation is 1. The summed E-state index contributed by atoms with van der Waals surface area (Å²) in [7, 11) is 0. The molecule has 1 amide bonds. The van der Waals surface area contributed by atoms with Gasteiger partial charge in [0.1, 0.15) is 5.75 Å². The summed E-state index contributed by atoms with van der Waals surface area (Å²) in [5, 5.41) is 11.8. The van der Waals surface area contributed by atoms with Gasteiger partial charge in [-0.1, -0.05) is 17.7 Å². The number of aromatic nitrogens is 1. The molecule has 2 atom stereocenters. The number of hydrogen-bond acceptors (Lipinski definition) is 4. The van der Waals surface area contributed by atoms with Gasteiger partial charge < -0.3 is 15.2 Å². The first kappa shape index (κ1) is 17.0. The smallest absolute Gasteiger partial charge is 0.306 e. The molecule has 2 N–H and O–H groups in total. The Kier molecular flexibility index (Phi) is 4.97. The molecule has 1 aromatic heterocycles. The lowest BCUT2D eigenvalue weighted by Gasteiger charge is -2.11. The van der Waals surface area contributed by atoms with E-state index in [1.807, 2.05) is 31.2 Å². The predicted octanol–water partition coefficient (Wildman–Crippen LogP) is 3.62. The molecule has 6 heteroatoms. The number of pyridine rings is 1. The Hall–Kier alpha value is -2.89. The van der Waals surface area contributed by atoms with Gasteiger partial charge in [-0.15, -0.1) is 0 Å². The van der Waals surface area contributed by atoms with E-state index in [9.17, 15) is 9.59 Å². The fraction of sp³-hybridized carbons (Fsp3) is 0.316. The summed E-state index contributed by atoms with van der Waals surface area (Å²) in [5.74, 6) is -0.523. The van der Waals surface area contributed by atoms with Crippen molar-refractivity contribution in [2.24, 2.45) is 11.8 Å². The lowest BCUT2D eigenvalue weighted by Crippen LogP contribution is -2.21. The van der Waals surface area contributed by atoms with E-state index in [4.69, 9.17) is 9.84 Å².